The second kappa shape index (κ2) is 10.4. The van der Waals surface area contributed by atoms with Crippen molar-refractivity contribution in [2.75, 3.05) is 0 Å². The van der Waals surface area contributed by atoms with Gasteiger partial charge in [0.1, 0.15) is 23.9 Å². The van der Waals surface area contributed by atoms with E-state index in [1.165, 1.54) is 0 Å². The number of Topliss-reactive ketones (excluding diaryl/α,β-unsaturated/α-hetero) is 1. The van der Waals surface area contributed by atoms with Crippen LogP contribution in [0.4, 0.5) is 0 Å². The lowest BCUT2D eigenvalue weighted by atomic mass is 10.0. The highest BCUT2D eigenvalue weighted by Gasteiger charge is 2.35. The highest BCUT2D eigenvalue weighted by atomic mass is 16.2. The number of carbonyl (C=O) groups is 5. The summed E-state index contributed by atoms with van der Waals surface area (Å²) in [4.78, 5) is 59.8. The Balaban J connectivity index is 1.88. The molecule has 1 aromatic carbocycles. The van der Waals surface area contributed by atoms with Gasteiger partial charge in [0.25, 0.3) is 0 Å². The molecule has 9 heteroatoms. The van der Waals surface area contributed by atoms with E-state index in [1.807, 2.05) is 30.3 Å². The Bertz CT molecular complexity index is 780. The molecule has 0 aliphatic carbocycles. The van der Waals surface area contributed by atoms with E-state index in [2.05, 4.69) is 16.0 Å². The maximum absolute atomic E-state index is 12.3. The smallest absolute Gasteiger partial charge is 0.243 e. The molecule has 0 spiro atoms. The monoisotopic (exact) mass is 402 g/mol. The summed E-state index contributed by atoms with van der Waals surface area (Å²) in [6, 6.07) is 6.48. The summed E-state index contributed by atoms with van der Waals surface area (Å²) in [5, 5.41) is 7.61. The number of nitrogens with two attached hydrogens (primary N) is 1. The first-order chi connectivity index (χ1) is 13.8. The molecule has 1 saturated heterocycles. The van der Waals surface area contributed by atoms with E-state index < -0.39 is 35.8 Å². The van der Waals surface area contributed by atoms with Gasteiger partial charge in [-0.05, 0) is 12.0 Å². The molecule has 2 rings (SSSR count). The SMILES string of the molecule is CCC(=O)CC[C@H](NC(=O)C[C@@H]1NC(=O)[C@H](Cc2ccccc2)NC1=O)C(N)=O. The number of amides is 4. The van der Waals surface area contributed by atoms with Crippen molar-refractivity contribution in [2.24, 2.45) is 5.73 Å². The van der Waals surface area contributed by atoms with Gasteiger partial charge >= 0.3 is 0 Å². The topological polar surface area (TPSA) is 147 Å². The maximum atomic E-state index is 12.3. The van der Waals surface area contributed by atoms with E-state index >= 15 is 0 Å². The summed E-state index contributed by atoms with van der Waals surface area (Å²) in [5.74, 6) is -2.28. The Morgan fingerprint density at radius 2 is 1.69 bits per heavy atom. The number of piperazine rings is 1. The minimum atomic E-state index is -1.04. The van der Waals surface area contributed by atoms with Gasteiger partial charge in [-0.1, -0.05) is 37.3 Å². The van der Waals surface area contributed by atoms with Crippen LogP contribution in [0.5, 0.6) is 0 Å². The lowest BCUT2D eigenvalue weighted by Crippen LogP contribution is -2.63. The number of carbonyl (C=O) groups excluding carboxylic acids is 5. The molecule has 3 atom stereocenters. The van der Waals surface area contributed by atoms with Gasteiger partial charge in [0.2, 0.25) is 23.6 Å². The molecule has 0 aromatic heterocycles. The zero-order valence-corrected chi connectivity index (χ0v) is 16.3. The average Bonchev–Trinajstić information content (AvgIpc) is 2.69. The Kier molecular flexibility index (Phi) is 7.88. The van der Waals surface area contributed by atoms with Gasteiger partial charge in [-0.3, -0.25) is 24.0 Å². The number of ketones is 1. The van der Waals surface area contributed by atoms with Crippen molar-refractivity contribution in [1.29, 1.82) is 0 Å². The molecule has 4 amide bonds. The molecule has 1 heterocycles. The Morgan fingerprint density at radius 1 is 1.07 bits per heavy atom. The van der Waals surface area contributed by atoms with E-state index in [1.54, 1.807) is 6.92 Å². The Hall–Kier alpha value is -3.23. The molecule has 0 bridgehead atoms. The summed E-state index contributed by atoms with van der Waals surface area (Å²) < 4.78 is 0. The van der Waals surface area contributed by atoms with Crippen LogP contribution in [0.2, 0.25) is 0 Å². The molecule has 1 aliphatic rings. The number of primary amides is 1. The quantitative estimate of drug-likeness (QED) is 0.410. The molecule has 5 N–H and O–H groups in total. The van der Waals surface area contributed by atoms with Gasteiger partial charge in [0.15, 0.2) is 0 Å². The zero-order chi connectivity index (χ0) is 21.4. The summed E-state index contributed by atoms with van der Waals surface area (Å²) >= 11 is 0. The fraction of sp³-hybridized carbons (Fsp3) is 0.450. The molecule has 156 valence electrons. The average molecular weight is 402 g/mol. The molecular weight excluding hydrogens is 376 g/mol. The van der Waals surface area contributed by atoms with Crippen molar-refractivity contribution in [3.8, 4) is 0 Å². The van der Waals surface area contributed by atoms with Crippen LogP contribution >= 0.6 is 0 Å². The van der Waals surface area contributed by atoms with Gasteiger partial charge in [-0.25, -0.2) is 0 Å². The highest BCUT2D eigenvalue weighted by molar-refractivity contribution is 5.99. The first kappa shape index (κ1) is 22.1. The van der Waals surface area contributed by atoms with Gasteiger partial charge in [-0.15, -0.1) is 0 Å². The summed E-state index contributed by atoms with van der Waals surface area (Å²) in [6.07, 6.45) is 0.549. The first-order valence-corrected chi connectivity index (χ1v) is 9.55. The molecule has 0 unspecified atom stereocenters. The Morgan fingerprint density at radius 3 is 2.31 bits per heavy atom. The highest BCUT2D eigenvalue weighted by Crippen LogP contribution is 2.09. The van der Waals surface area contributed by atoms with Crippen LogP contribution in [-0.2, 0) is 30.4 Å². The summed E-state index contributed by atoms with van der Waals surface area (Å²) in [7, 11) is 0. The normalized spacial score (nSPS) is 19.6. The van der Waals surface area contributed by atoms with Crippen molar-refractivity contribution >= 4 is 29.4 Å². The van der Waals surface area contributed by atoms with Crippen molar-refractivity contribution in [3.63, 3.8) is 0 Å². The van der Waals surface area contributed by atoms with Crippen LogP contribution < -0.4 is 21.7 Å². The predicted molar refractivity (Wildman–Crippen MR) is 104 cm³/mol. The second-order valence-electron chi connectivity index (χ2n) is 6.97. The molecule has 0 saturated carbocycles. The number of nitrogens with one attached hydrogen (secondary N) is 3. The van der Waals surface area contributed by atoms with Gasteiger partial charge < -0.3 is 21.7 Å². The lowest BCUT2D eigenvalue weighted by molar-refractivity contribution is -0.138. The molecule has 1 aromatic rings. The third-order valence-electron chi connectivity index (χ3n) is 4.72. The molecule has 1 fully saturated rings. The zero-order valence-electron chi connectivity index (χ0n) is 16.3. The van der Waals surface area contributed by atoms with Crippen LogP contribution in [0.1, 0.15) is 38.2 Å². The van der Waals surface area contributed by atoms with Crippen LogP contribution in [0, 0.1) is 0 Å². The second-order valence-corrected chi connectivity index (χ2v) is 6.97. The third kappa shape index (κ3) is 6.70. The minimum Gasteiger partial charge on any atom is -0.368 e. The minimum absolute atomic E-state index is 0.0473. The molecule has 29 heavy (non-hydrogen) atoms. The number of hydrogen-bond donors (Lipinski definition) is 4. The molecule has 9 nitrogen and oxygen atoms in total. The van der Waals surface area contributed by atoms with E-state index in [0.717, 1.165) is 5.56 Å². The van der Waals surface area contributed by atoms with Crippen molar-refractivity contribution in [1.82, 2.24) is 16.0 Å². The fourth-order valence-electron chi connectivity index (χ4n) is 3.02. The van der Waals surface area contributed by atoms with Crippen LogP contribution in [0.25, 0.3) is 0 Å². The molecule has 0 radical (unpaired) electrons. The molecule has 1 aliphatic heterocycles. The number of benzene rings is 1. The number of rotatable bonds is 10. The fourth-order valence-corrected chi connectivity index (χ4v) is 3.02. The van der Waals surface area contributed by atoms with E-state index in [9.17, 15) is 24.0 Å². The van der Waals surface area contributed by atoms with E-state index in [4.69, 9.17) is 5.73 Å². The molecular formula is C20H26N4O5. The lowest BCUT2D eigenvalue weighted by Gasteiger charge is -2.29. The van der Waals surface area contributed by atoms with Crippen LogP contribution in [0.15, 0.2) is 30.3 Å². The standard InChI is InChI=1S/C20H26N4O5/c1-2-13(25)8-9-14(18(21)27)22-17(26)11-16-20(29)23-15(19(28)24-16)10-12-6-4-3-5-7-12/h3-7,14-16H,2,8-11H2,1H3,(H2,21,27)(H,22,26)(H,23,29)(H,24,28)/t14-,15-,16-/m0/s1. The maximum Gasteiger partial charge on any atom is 0.243 e. The van der Waals surface area contributed by atoms with Gasteiger partial charge in [-0.2, -0.15) is 0 Å². The Labute approximate surface area is 168 Å². The van der Waals surface area contributed by atoms with E-state index in [-0.39, 0.29) is 31.0 Å². The van der Waals surface area contributed by atoms with Crippen LogP contribution in [0.3, 0.4) is 0 Å². The van der Waals surface area contributed by atoms with Gasteiger partial charge in [0, 0.05) is 19.3 Å². The van der Waals surface area contributed by atoms with Crippen molar-refractivity contribution < 1.29 is 24.0 Å². The van der Waals surface area contributed by atoms with Crippen molar-refractivity contribution in [3.05, 3.63) is 35.9 Å². The third-order valence-corrected chi connectivity index (χ3v) is 4.72. The summed E-state index contributed by atoms with van der Waals surface area (Å²) in [5.41, 5.74) is 6.17. The number of hydrogen-bond acceptors (Lipinski definition) is 5. The summed E-state index contributed by atoms with van der Waals surface area (Å²) in [6.45, 7) is 1.70. The van der Waals surface area contributed by atoms with Gasteiger partial charge in [0.05, 0.1) is 6.42 Å². The van der Waals surface area contributed by atoms with Crippen LogP contribution in [-0.4, -0.2) is 47.5 Å². The largest absolute Gasteiger partial charge is 0.368 e. The van der Waals surface area contributed by atoms with E-state index in [0.29, 0.717) is 12.8 Å². The predicted octanol–water partition coefficient (Wildman–Crippen LogP) is -0.668. The first-order valence-electron chi connectivity index (χ1n) is 9.55. The van der Waals surface area contributed by atoms with Crippen molar-refractivity contribution in [2.45, 2.75) is 57.2 Å².